The van der Waals surface area contributed by atoms with E-state index in [1.165, 1.54) is 0 Å². The van der Waals surface area contributed by atoms with Crippen molar-refractivity contribution in [2.24, 2.45) is 0 Å². The average Bonchev–Trinajstić information content (AvgIpc) is 2.26. The smallest absolute Gasteiger partial charge is 0.127 e. The second-order valence-electron chi connectivity index (χ2n) is 3.35. The molecule has 0 spiro atoms. The summed E-state index contributed by atoms with van der Waals surface area (Å²) < 4.78 is 5.22. The molecule has 0 aromatic heterocycles. The number of aldehydes is 1. The highest BCUT2D eigenvalue weighted by molar-refractivity contribution is 5.62. The summed E-state index contributed by atoms with van der Waals surface area (Å²) in [7, 11) is 1.66. The first kappa shape index (κ1) is 10.8. The van der Waals surface area contributed by atoms with Gasteiger partial charge < -0.3 is 9.53 Å². The van der Waals surface area contributed by atoms with Gasteiger partial charge in [-0.3, -0.25) is 0 Å². The lowest BCUT2D eigenvalue weighted by Gasteiger charge is -2.10. The van der Waals surface area contributed by atoms with Gasteiger partial charge >= 0.3 is 0 Å². The lowest BCUT2D eigenvalue weighted by atomic mass is 9.99. The normalized spacial score (nSPS) is 12.2. The van der Waals surface area contributed by atoms with E-state index >= 15 is 0 Å². The Morgan fingerprint density at radius 1 is 1.50 bits per heavy atom. The van der Waals surface area contributed by atoms with Crippen molar-refractivity contribution in [3.05, 3.63) is 29.3 Å². The second-order valence-corrected chi connectivity index (χ2v) is 3.35. The van der Waals surface area contributed by atoms with Crippen molar-refractivity contribution in [1.29, 1.82) is 0 Å². The maximum atomic E-state index is 10.6. The van der Waals surface area contributed by atoms with E-state index in [1.807, 2.05) is 25.1 Å². The topological polar surface area (TPSA) is 26.3 Å². The van der Waals surface area contributed by atoms with Crippen molar-refractivity contribution < 1.29 is 9.53 Å². The quantitative estimate of drug-likeness (QED) is 0.685. The number of ether oxygens (including phenoxy) is 1. The Morgan fingerprint density at radius 3 is 2.71 bits per heavy atom. The maximum absolute atomic E-state index is 10.6. The fourth-order valence-corrected chi connectivity index (χ4v) is 1.44. The van der Waals surface area contributed by atoms with Crippen LogP contribution in [0.5, 0.6) is 5.75 Å². The summed E-state index contributed by atoms with van der Waals surface area (Å²) in [5, 5.41) is 0. The summed E-state index contributed by atoms with van der Waals surface area (Å²) in [5.74, 6) is 0.862. The number of carbonyl (C=O) groups excluding carboxylic acids is 1. The summed E-state index contributed by atoms with van der Waals surface area (Å²) in [4.78, 5) is 10.6. The van der Waals surface area contributed by atoms with Crippen LogP contribution in [-0.2, 0) is 11.2 Å². The van der Waals surface area contributed by atoms with E-state index in [0.717, 1.165) is 29.6 Å². The average molecular weight is 192 g/mol. The molecule has 1 rings (SSSR count). The zero-order valence-electron chi connectivity index (χ0n) is 8.91. The lowest BCUT2D eigenvalue weighted by Crippen LogP contribution is -1.97. The fourth-order valence-electron chi connectivity index (χ4n) is 1.44. The number of hydrogen-bond acceptors (Lipinski definition) is 2. The largest absolute Gasteiger partial charge is 0.496 e. The van der Waals surface area contributed by atoms with E-state index in [-0.39, 0.29) is 5.92 Å². The highest BCUT2D eigenvalue weighted by Gasteiger charge is 2.07. The minimum Gasteiger partial charge on any atom is -0.496 e. The maximum Gasteiger partial charge on any atom is 0.127 e. The third-order valence-electron chi connectivity index (χ3n) is 2.42. The van der Waals surface area contributed by atoms with Gasteiger partial charge in [-0.25, -0.2) is 0 Å². The Hall–Kier alpha value is -1.31. The van der Waals surface area contributed by atoms with Gasteiger partial charge in [0.05, 0.1) is 7.11 Å². The molecule has 0 aliphatic rings. The minimum atomic E-state index is -0.0359. The van der Waals surface area contributed by atoms with Gasteiger partial charge in [0, 0.05) is 5.92 Å². The molecular formula is C12H16O2. The number of benzene rings is 1. The molecule has 2 nitrogen and oxygen atoms in total. The van der Waals surface area contributed by atoms with Gasteiger partial charge in [-0.2, -0.15) is 0 Å². The molecule has 14 heavy (non-hydrogen) atoms. The van der Waals surface area contributed by atoms with Gasteiger partial charge in [0.1, 0.15) is 12.0 Å². The Morgan fingerprint density at radius 2 is 2.21 bits per heavy atom. The third-order valence-corrected chi connectivity index (χ3v) is 2.42. The molecule has 0 fully saturated rings. The van der Waals surface area contributed by atoms with Gasteiger partial charge in [0.2, 0.25) is 0 Å². The standard InChI is InChI=1S/C12H16O2/c1-4-10-7-11(9(2)8-13)5-6-12(10)14-3/h5-9H,4H2,1-3H3. The van der Waals surface area contributed by atoms with Gasteiger partial charge in [0.15, 0.2) is 0 Å². The zero-order chi connectivity index (χ0) is 10.6. The van der Waals surface area contributed by atoms with Crippen molar-refractivity contribution in [2.75, 3.05) is 7.11 Å². The van der Waals surface area contributed by atoms with Crippen LogP contribution in [0.2, 0.25) is 0 Å². The van der Waals surface area contributed by atoms with Crippen LogP contribution in [0.1, 0.15) is 30.9 Å². The van der Waals surface area contributed by atoms with Crippen LogP contribution in [0.3, 0.4) is 0 Å². The van der Waals surface area contributed by atoms with Crippen molar-refractivity contribution in [3.8, 4) is 5.75 Å². The van der Waals surface area contributed by atoms with Crippen LogP contribution in [0.15, 0.2) is 18.2 Å². The first-order valence-electron chi connectivity index (χ1n) is 4.85. The van der Waals surface area contributed by atoms with Crippen LogP contribution in [0.4, 0.5) is 0 Å². The summed E-state index contributed by atoms with van der Waals surface area (Å²) in [6, 6.07) is 5.91. The predicted octanol–water partition coefficient (Wildman–Crippen LogP) is 2.56. The molecule has 2 heteroatoms. The molecule has 1 aromatic carbocycles. The molecule has 1 atom stereocenters. The Kier molecular flexibility index (Phi) is 3.69. The van der Waals surface area contributed by atoms with Gasteiger partial charge in [-0.15, -0.1) is 0 Å². The summed E-state index contributed by atoms with van der Waals surface area (Å²) in [6.07, 6.45) is 1.88. The SMILES string of the molecule is CCc1cc(C(C)C=O)ccc1OC. The van der Waals surface area contributed by atoms with E-state index in [4.69, 9.17) is 4.74 Å². The lowest BCUT2D eigenvalue weighted by molar-refractivity contribution is -0.108. The van der Waals surface area contributed by atoms with E-state index < -0.39 is 0 Å². The van der Waals surface area contributed by atoms with E-state index in [2.05, 4.69) is 6.92 Å². The Balaban J connectivity index is 3.06. The zero-order valence-corrected chi connectivity index (χ0v) is 8.91. The van der Waals surface area contributed by atoms with Crippen LogP contribution < -0.4 is 4.74 Å². The van der Waals surface area contributed by atoms with E-state index in [0.29, 0.717) is 0 Å². The van der Waals surface area contributed by atoms with Crippen molar-refractivity contribution in [1.82, 2.24) is 0 Å². The number of carbonyl (C=O) groups is 1. The molecule has 0 radical (unpaired) electrons. The van der Waals surface area contributed by atoms with Gasteiger partial charge in [0.25, 0.3) is 0 Å². The number of methoxy groups -OCH3 is 1. The number of hydrogen-bond donors (Lipinski definition) is 0. The van der Waals surface area contributed by atoms with Crippen molar-refractivity contribution in [2.45, 2.75) is 26.2 Å². The predicted molar refractivity (Wildman–Crippen MR) is 56.9 cm³/mol. The minimum absolute atomic E-state index is 0.0359. The molecule has 0 saturated heterocycles. The van der Waals surface area contributed by atoms with E-state index in [1.54, 1.807) is 7.11 Å². The Bertz CT molecular complexity index is 318. The second kappa shape index (κ2) is 4.80. The van der Waals surface area contributed by atoms with Gasteiger partial charge in [-0.05, 0) is 23.6 Å². The molecule has 1 aromatic rings. The van der Waals surface area contributed by atoms with Crippen LogP contribution in [-0.4, -0.2) is 13.4 Å². The van der Waals surface area contributed by atoms with Crippen molar-refractivity contribution >= 4 is 6.29 Å². The third kappa shape index (κ3) is 2.13. The molecule has 0 amide bonds. The molecule has 0 aliphatic heterocycles. The monoisotopic (exact) mass is 192 g/mol. The summed E-state index contributed by atoms with van der Waals surface area (Å²) >= 11 is 0. The van der Waals surface area contributed by atoms with Crippen LogP contribution in [0, 0.1) is 0 Å². The number of rotatable bonds is 4. The first-order valence-corrected chi connectivity index (χ1v) is 4.85. The molecule has 76 valence electrons. The Labute approximate surface area is 84.9 Å². The molecule has 0 aliphatic carbocycles. The molecular weight excluding hydrogens is 176 g/mol. The summed E-state index contributed by atoms with van der Waals surface area (Å²) in [5.41, 5.74) is 2.20. The molecule has 0 heterocycles. The summed E-state index contributed by atoms with van der Waals surface area (Å²) in [6.45, 7) is 3.97. The fraction of sp³-hybridized carbons (Fsp3) is 0.417. The molecule has 0 saturated carbocycles. The molecule has 0 bridgehead atoms. The van der Waals surface area contributed by atoms with Crippen LogP contribution in [0.25, 0.3) is 0 Å². The molecule has 0 N–H and O–H groups in total. The van der Waals surface area contributed by atoms with Gasteiger partial charge in [-0.1, -0.05) is 26.0 Å². The highest BCUT2D eigenvalue weighted by atomic mass is 16.5. The van der Waals surface area contributed by atoms with Crippen molar-refractivity contribution in [3.63, 3.8) is 0 Å². The molecule has 1 unspecified atom stereocenters. The highest BCUT2D eigenvalue weighted by Crippen LogP contribution is 2.23. The number of aryl methyl sites for hydroxylation is 1. The first-order chi connectivity index (χ1) is 6.72. The van der Waals surface area contributed by atoms with E-state index in [9.17, 15) is 4.79 Å². The van der Waals surface area contributed by atoms with Crippen LogP contribution >= 0.6 is 0 Å².